The molecule has 4 heterocycles. The Morgan fingerprint density at radius 3 is 2.77 bits per heavy atom. The fourth-order valence-corrected chi connectivity index (χ4v) is 6.58. The fraction of sp³-hybridized carbons (Fsp3) is 0.222. The highest BCUT2D eigenvalue weighted by atomic mass is 35.5. The Kier molecular flexibility index (Phi) is 6.31. The maximum Gasteiger partial charge on any atom is 0.352 e. The highest BCUT2D eigenvalue weighted by Gasteiger charge is 2.54. The molecule has 2 aromatic heterocycles. The van der Waals surface area contributed by atoms with Crippen molar-refractivity contribution in [3.8, 4) is 0 Å². The quantitative estimate of drug-likeness (QED) is 0.397. The van der Waals surface area contributed by atoms with E-state index >= 15 is 0 Å². The molecule has 0 bridgehead atoms. The summed E-state index contributed by atoms with van der Waals surface area (Å²) in [5.41, 5.74) is 7.65. The lowest BCUT2D eigenvalue weighted by atomic mass is 10.0. The Morgan fingerprint density at radius 1 is 1.42 bits per heavy atom. The van der Waals surface area contributed by atoms with Gasteiger partial charge in [-0.2, -0.15) is 0 Å². The number of hydrogen-bond acceptors (Lipinski definition) is 8. The number of β-lactam (4-membered cyclic amide) rings is 1. The van der Waals surface area contributed by atoms with Gasteiger partial charge in [0.2, 0.25) is 0 Å². The molecule has 0 spiro atoms. The van der Waals surface area contributed by atoms with Gasteiger partial charge in [-0.1, -0.05) is 23.2 Å². The summed E-state index contributed by atoms with van der Waals surface area (Å²) in [6.07, 6.45) is 0.393. The molecule has 4 rings (SSSR count). The number of rotatable bonds is 6. The molecular weight excluding hydrogens is 503 g/mol. The molecule has 8 nitrogen and oxygen atoms in total. The van der Waals surface area contributed by atoms with Gasteiger partial charge in [0, 0.05) is 28.0 Å². The lowest BCUT2D eigenvalue weighted by molar-refractivity contribution is -0.150. The second-order valence-corrected chi connectivity index (χ2v) is 10.6. The van der Waals surface area contributed by atoms with E-state index in [0.717, 1.165) is 21.7 Å². The SMILES string of the molecule is Nc1nc(/C(=C/Cl)C(=O)N[C@@H]2C(=O)N3C(C(=O)O)=C(Cc4ccc(Cl)s4)CS[C@@H]23)cs1. The number of amides is 2. The summed E-state index contributed by atoms with van der Waals surface area (Å²) >= 11 is 15.7. The molecule has 31 heavy (non-hydrogen) atoms. The number of aliphatic carboxylic acids is 1. The van der Waals surface area contributed by atoms with E-state index in [1.54, 1.807) is 11.4 Å². The first-order chi connectivity index (χ1) is 14.8. The standard InChI is InChI=1S/C18H14Cl2N4O4S3/c19-4-9(10-6-30-18(21)22-10)14(25)23-12-15(26)24-13(17(27)28)7(5-29-16(12)24)3-8-1-2-11(20)31-8/h1-2,4,6,12,16H,3,5H2,(H2,21,22)(H,23,25)(H,27,28)/b9-4-/t12-,16+/m1/s1. The zero-order valence-corrected chi connectivity index (χ0v) is 19.5. The van der Waals surface area contributed by atoms with Crippen LogP contribution in [0.15, 0.2) is 34.3 Å². The average Bonchev–Trinajstić information content (AvgIpc) is 3.34. The van der Waals surface area contributed by atoms with E-state index in [2.05, 4.69) is 10.3 Å². The van der Waals surface area contributed by atoms with Crippen LogP contribution < -0.4 is 11.1 Å². The smallest absolute Gasteiger partial charge is 0.352 e. The number of nitrogens with two attached hydrogens (primary N) is 1. The van der Waals surface area contributed by atoms with Crippen LogP contribution in [-0.2, 0) is 20.8 Å². The van der Waals surface area contributed by atoms with E-state index in [1.807, 2.05) is 6.07 Å². The molecule has 2 aliphatic heterocycles. The highest BCUT2D eigenvalue weighted by Crippen LogP contribution is 2.42. The van der Waals surface area contributed by atoms with Crippen molar-refractivity contribution in [1.82, 2.24) is 15.2 Å². The number of carboxylic acids is 1. The van der Waals surface area contributed by atoms with Gasteiger partial charge >= 0.3 is 5.97 Å². The van der Waals surface area contributed by atoms with E-state index < -0.39 is 29.2 Å². The van der Waals surface area contributed by atoms with Crippen molar-refractivity contribution in [1.29, 1.82) is 0 Å². The van der Waals surface area contributed by atoms with Crippen LogP contribution in [-0.4, -0.2) is 49.9 Å². The van der Waals surface area contributed by atoms with Crippen molar-refractivity contribution >= 4 is 86.1 Å². The number of anilines is 1. The Bertz CT molecular complexity index is 1140. The molecule has 162 valence electrons. The first-order valence-electron chi connectivity index (χ1n) is 8.77. The van der Waals surface area contributed by atoms with Crippen LogP contribution >= 0.6 is 57.6 Å². The summed E-state index contributed by atoms with van der Waals surface area (Å²) in [7, 11) is 0. The van der Waals surface area contributed by atoms with Crippen LogP contribution in [0.5, 0.6) is 0 Å². The molecule has 4 N–H and O–H groups in total. The number of carbonyl (C=O) groups excluding carboxylic acids is 2. The summed E-state index contributed by atoms with van der Waals surface area (Å²) in [6.45, 7) is 0. The van der Waals surface area contributed by atoms with Crippen molar-refractivity contribution in [3.63, 3.8) is 0 Å². The minimum Gasteiger partial charge on any atom is -0.477 e. The van der Waals surface area contributed by atoms with E-state index in [0.29, 0.717) is 27.8 Å². The Labute approximate surface area is 198 Å². The molecule has 0 aromatic carbocycles. The van der Waals surface area contributed by atoms with Gasteiger partial charge in [-0.3, -0.25) is 14.5 Å². The highest BCUT2D eigenvalue weighted by molar-refractivity contribution is 8.00. The van der Waals surface area contributed by atoms with Crippen LogP contribution in [0.4, 0.5) is 5.13 Å². The monoisotopic (exact) mass is 516 g/mol. The summed E-state index contributed by atoms with van der Waals surface area (Å²) in [6, 6.07) is 2.72. The molecule has 1 fully saturated rings. The number of nitrogen functional groups attached to an aromatic ring is 1. The molecule has 2 aromatic rings. The Morgan fingerprint density at radius 2 is 2.19 bits per heavy atom. The first kappa shape index (κ1) is 22.2. The number of nitrogens with zero attached hydrogens (tertiary/aromatic N) is 2. The molecule has 1 saturated heterocycles. The van der Waals surface area contributed by atoms with Gasteiger partial charge < -0.3 is 16.2 Å². The third-order valence-corrected chi connectivity index (χ3v) is 8.17. The van der Waals surface area contributed by atoms with Crippen molar-refractivity contribution in [2.75, 3.05) is 11.5 Å². The van der Waals surface area contributed by atoms with Gasteiger partial charge in [-0.25, -0.2) is 9.78 Å². The van der Waals surface area contributed by atoms with Crippen LogP contribution in [0.25, 0.3) is 5.57 Å². The normalized spacial score (nSPS) is 21.0. The predicted octanol–water partition coefficient (Wildman–Crippen LogP) is 3.00. The molecular formula is C18H14Cl2N4O4S3. The van der Waals surface area contributed by atoms with Crippen molar-refractivity contribution in [2.45, 2.75) is 17.8 Å². The third kappa shape index (κ3) is 4.20. The number of carboxylic acid groups (broad SMARTS) is 1. The number of thiophene rings is 1. The second kappa shape index (κ2) is 8.83. The van der Waals surface area contributed by atoms with Crippen molar-refractivity contribution in [2.24, 2.45) is 0 Å². The third-order valence-electron chi connectivity index (χ3n) is 4.70. The molecule has 0 radical (unpaired) electrons. The van der Waals surface area contributed by atoms with Gasteiger partial charge in [0.1, 0.15) is 17.1 Å². The van der Waals surface area contributed by atoms with E-state index in [4.69, 9.17) is 28.9 Å². The van der Waals surface area contributed by atoms with E-state index in [9.17, 15) is 19.5 Å². The number of halogens is 2. The summed E-state index contributed by atoms with van der Waals surface area (Å²) in [5, 5.41) is 13.7. The van der Waals surface area contributed by atoms with Crippen LogP contribution in [0.1, 0.15) is 10.6 Å². The summed E-state index contributed by atoms with van der Waals surface area (Å²) in [4.78, 5) is 43.6. The van der Waals surface area contributed by atoms with Crippen LogP contribution in [0, 0.1) is 0 Å². The van der Waals surface area contributed by atoms with Crippen LogP contribution in [0.3, 0.4) is 0 Å². The van der Waals surface area contributed by atoms with Crippen molar-refractivity contribution < 1.29 is 19.5 Å². The average molecular weight is 517 g/mol. The molecule has 0 unspecified atom stereocenters. The fourth-order valence-electron chi connectivity index (χ4n) is 3.33. The number of hydrogen-bond donors (Lipinski definition) is 3. The minimum absolute atomic E-state index is 0.0378. The minimum atomic E-state index is -1.18. The lowest BCUT2D eigenvalue weighted by Crippen LogP contribution is -2.70. The number of fused-ring (bicyclic) bond motifs is 1. The molecule has 2 amide bonds. The number of nitrogens with one attached hydrogen (secondary N) is 1. The molecule has 2 atom stereocenters. The number of thioether (sulfide) groups is 1. The Hall–Kier alpha value is -2.05. The maximum atomic E-state index is 12.8. The number of carbonyl (C=O) groups is 3. The Balaban J connectivity index is 1.52. The number of thiazole rings is 1. The topological polar surface area (TPSA) is 126 Å². The van der Waals surface area contributed by atoms with Crippen molar-refractivity contribution in [3.05, 3.63) is 49.2 Å². The largest absolute Gasteiger partial charge is 0.477 e. The van der Waals surface area contributed by atoms with E-state index in [-0.39, 0.29) is 16.4 Å². The van der Waals surface area contributed by atoms with E-state index in [1.165, 1.54) is 28.0 Å². The van der Waals surface area contributed by atoms with Gasteiger partial charge in [0.25, 0.3) is 11.8 Å². The zero-order valence-electron chi connectivity index (χ0n) is 15.5. The van der Waals surface area contributed by atoms with Gasteiger partial charge in [0.05, 0.1) is 15.6 Å². The van der Waals surface area contributed by atoms with Gasteiger partial charge in [-0.05, 0) is 17.7 Å². The summed E-state index contributed by atoms with van der Waals surface area (Å²) in [5.74, 6) is -1.84. The number of aromatic nitrogens is 1. The maximum absolute atomic E-state index is 12.8. The summed E-state index contributed by atoms with van der Waals surface area (Å²) < 4.78 is 0.613. The predicted molar refractivity (Wildman–Crippen MR) is 123 cm³/mol. The van der Waals surface area contributed by atoms with Gasteiger partial charge in [-0.15, -0.1) is 34.4 Å². The molecule has 2 aliphatic rings. The van der Waals surface area contributed by atoms with Crippen LogP contribution in [0.2, 0.25) is 4.34 Å². The zero-order chi connectivity index (χ0) is 22.3. The molecule has 13 heteroatoms. The molecule has 0 aliphatic carbocycles. The first-order valence-corrected chi connectivity index (χ1v) is 12.3. The second-order valence-electron chi connectivity index (χ2n) is 6.59. The molecule has 0 saturated carbocycles. The van der Waals surface area contributed by atoms with Gasteiger partial charge in [0.15, 0.2) is 5.13 Å². The lowest BCUT2D eigenvalue weighted by Gasteiger charge is -2.49.